The standard InChI is InChI=1S/C20H21N5O3/c1-27-17-11-18(28-2)25-20(24-17)22-12-13-7-9-14(10-8-13)19(26)23-16-6-4-3-5-15(16)21/h3-11H,12,21H2,1-2H3,(H,23,26)(H,22,24,25). The Hall–Kier alpha value is -3.81. The van der Waals surface area contributed by atoms with Gasteiger partial charge in [0.2, 0.25) is 17.7 Å². The van der Waals surface area contributed by atoms with Crippen LogP contribution in [0.2, 0.25) is 0 Å². The molecule has 3 aromatic rings. The van der Waals surface area contributed by atoms with Gasteiger partial charge < -0.3 is 25.8 Å². The average molecular weight is 379 g/mol. The second kappa shape index (κ2) is 8.72. The molecule has 1 heterocycles. The van der Waals surface area contributed by atoms with E-state index in [1.807, 2.05) is 24.3 Å². The number of benzene rings is 2. The summed E-state index contributed by atoms with van der Waals surface area (Å²) in [6, 6.07) is 15.9. The van der Waals surface area contributed by atoms with E-state index in [0.717, 1.165) is 5.56 Å². The number of para-hydroxylation sites is 2. The van der Waals surface area contributed by atoms with Crippen molar-refractivity contribution in [2.24, 2.45) is 0 Å². The number of nitrogens with two attached hydrogens (primary N) is 1. The van der Waals surface area contributed by atoms with Crippen molar-refractivity contribution in [2.75, 3.05) is 30.6 Å². The number of aromatic nitrogens is 2. The molecule has 0 bridgehead atoms. The summed E-state index contributed by atoms with van der Waals surface area (Å²) in [5.74, 6) is 0.971. The summed E-state index contributed by atoms with van der Waals surface area (Å²) < 4.78 is 10.2. The van der Waals surface area contributed by atoms with E-state index in [1.54, 1.807) is 30.3 Å². The van der Waals surface area contributed by atoms with Crippen LogP contribution in [0, 0.1) is 0 Å². The van der Waals surface area contributed by atoms with E-state index in [4.69, 9.17) is 15.2 Å². The minimum Gasteiger partial charge on any atom is -0.481 e. The molecular weight excluding hydrogens is 358 g/mol. The van der Waals surface area contributed by atoms with Crippen molar-refractivity contribution in [1.29, 1.82) is 0 Å². The number of carbonyl (C=O) groups is 1. The second-order valence-electron chi connectivity index (χ2n) is 5.87. The van der Waals surface area contributed by atoms with Crippen molar-refractivity contribution in [1.82, 2.24) is 9.97 Å². The summed E-state index contributed by atoms with van der Waals surface area (Å²) in [6.07, 6.45) is 0. The lowest BCUT2D eigenvalue weighted by molar-refractivity contribution is 0.102. The van der Waals surface area contributed by atoms with E-state index in [-0.39, 0.29) is 5.91 Å². The number of amides is 1. The van der Waals surface area contributed by atoms with Crippen molar-refractivity contribution in [2.45, 2.75) is 6.54 Å². The Morgan fingerprint density at radius 2 is 1.64 bits per heavy atom. The van der Waals surface area contributed by atoms with Crippen molar-refractivity contribution >= 4 is 23.2 Å². The van der Waals surface area contributed by atoms with Crippen molar-refractivity contribution in [3.8, 4) is 11.8 Å². The number of ether oxygens (including phenoxy) is 2. The quantitative estimate of drug-likeness (QED) is 0.541. The number of anilines is 3. The van der Waals surface area contributed by atoms with E-state index in [9.17, 15) is 4.79 Å². The first kappa shape index (κ1) is 19.0. The maximum absolute atomic E-state index is 12.4. The van der Waals surface area contributed by atoms with E-state index in [0.29, 0.717) is 41.2 Å². The number of hydrogen-bond acceptors (Lipinski definition) is 7. The van der Waals surface area contributed by atoms with Gasteiger partial charge in [0.1, 0.15) is 0 Å². The van der Waals surface area contributed by atoms with Gasteiger partial charge in [0, 0.05) is 12.1 Å². The molecule has 1 amide bonds. The molecule has 1 aromatic heterocycles. The van der Waals surface area contributed by atoms with Crippen LogP contribution in [0.25, 0.3) is 0 Å². The number of rotatable bonds is 7. The first-order valence-corrected chi connectivity index (χ1v) is 8.55. The van der Waals surface area contributed by atoms with Gasteiger partial charge in [-0.3, -0.25) is 4.79 Å². The maximum Gasteiger partial charge on any atom is 0.255 e. The number of nitrogen functional groups attached to an aromatic ring is 1. The molecule has 4 N–H and O–H groups in total. The van der Waals surface area contributed by atoms with Gasteiger partial charge in [-0.25, -0.2) is 0 Å². The van der Waals surface area contributed by atoms with Crippen LogP contribution >= 0.6 is 0 Å². The molecule has 8 heteroatoms. The van der Waals surface area contributed by atoms with Gasteiger partial charge in [-0.2, -0.15) is 9.97 Å². The fraction of sp³-hybridized carbons (Fsp3) is 0.150. The summed E-state index contributed by atoms with van der Waals surface area (Å²) in [6.45, 7) is 0.476. The average Bonchev–Trinajstić information content (AvgIpc) is 2.74. The van der Waals surface area contributed by atoms with Gasteiger partial charge in [0.15, 0.2) is 0 Å². The summed E-state index contributed by atoms with van der Waals surface area (Å²) in [5, 5.41) is 5.91. The van der Waals surface area contributed by atoms with E-state index < -0.39 is 0 Å². The molecule has 0 atom stereocenters. The molecule has 2 aromatic carbocycles. The zero-order valence-electron chi connectivity index (χ0n) is 15.6. The zero-order chi connectivity index (χ0) is 19.9. The molecule has 0 saturated heterocycles. The Kier molecular flexibility index (Phi) is 5.91. The fourth-order valence-electron chi connectivity index (χ4n) is 2.45. The molecule has 0 spiro atoms. The molecule has 8 nitrogen and oxygen atoms in total. The highest BCUT2D eigenvalue weighted by atomic mass is 16.5. The van der Waals surface area contributed by atoms with Gasteiger partial charge in [-0.15, -0.1) is 0 Å². The molecular formula is C20H21N5O3. The van der Waals surface area contributed by atoms with Crippen LogP contribution in [-0.2, 0) is 6.54 Å². The number of nitrogens with zero attached hydrogens (tertiary/aromatic N) is 2. The lowest BCUT2D eigenvalue weighted by Gasteiger charge is -2.10. The molecule has 0 unspecified atom stereocenters. The molecule has 0 aliphatic heterocycles. The van der Waals surface area contributed by atoms with E-state index in [1.165, 1.54) is 14.2 Å². The smallest absolute Gasteiger partial charge is 0.255 e. The van der Waals surface area contributed by atoms with E-state index in [2.05, 4.69) is 20.6 Å². The van der Waals surface area contributed by atoms with Crippen molar-refractivity contribution < 1.29 is 14.3 Å². The predicted molar refractivity (Wildman–Crippen MR) is 108 cm³/mol. The lowest BCUT2D eigenvalue weighted by Crippen LogP contribution is -2.13. The Labute approximate surface area is 162 Å². The normalized spacial score (nSPS) is 10.2. The molecule has 144 valence electrons. The molecule has 0 aliphatic carbocycles. The van der Waals surface area contributed by atoms with Crippen LogP contribution in [0.15, 0.2) is 54.6 Å². The topological polar surface area (TPSA) is 111 Å². The van der Waals surface area contributed by atoms with Gasteiger partial charge in [0.05, 0.1) is 31.7 Å². The van der Waals surface area contributed by atoms with Crippen LogP contribution < -0.4 is 25.8 Å². The minimum atomic E-state index is -0.224. The molecule has 0 fully saturated rings. The van der Waals surface area contributed by atoms with Gasteiger partial charge in [-0.05, 0) is 29.8 Å². The van der Waals surface area contributed by atoms with Gasteiger partial charge in [0.25, 0.3) is 5.91 Å². The van der Waals surface area contributed by atoms with Crippen LogP contribution in [0.1, 0.15) is 15.9 Å². The molecule has 3 rings (SSSR count). The predicted octanol–water partition coefficient (Wildman–Crippen LogP) is 2.94. The monoisotopic (exact) mass is 379 g/mol. The number of methoxy groups -OCH3 is 2. The number of nitrogens with one attached hydrogen (secondary N) is 2. The first-order chi connectivity index (χ1) is 13.6. The largest absolute Gasteiger partial charge is 0.481 e. The minimum absolute atomic E-state index is 0.224. The summed E-state index contributed by atoms with van der Waals surface area (Å²) in [4.78, 5) is 20.8. The molecule has 0 aliphatic rings. The number of carbonyl (C=O) groups excluding carboxylic acids is 1. The highest BCUT2D eigenvalue weighted by Crippen LogP contribution is 2.19. The Morgan fingerprint density at radius 3 is 2.25 bits per heavy atom. The SMILES string of the molecule is COc1cc(OC)nc(NCc2ccc(C(=O)Nc3ccccc3N)cc2)n1. The summed E-state index contributed by atoms with van der Waals surface area (Å²) >= 11 is 0. The van der Waals surface area contributed by atoms with Gasteiger partial charge in [-0.1, -0.05) is 24.3 Å². The highest BCUT2D eigenvalue weighted by molar-refractivity contribution is 6.05. The molecule has 0 saturated carbocycles. The molecule has 0 radical (unpaired) electrons. The first-order valence-electron chi connectivity index (χ1n) is 8.55. The van der Waals surface area contributed by atoms with Crippen LogP contribution in [0.3, 0.4) is 0 Å². The third-order valence-corrected chi connectivity index (χ3v) is 3.97. The lowest BCUT2D eigenvalue weighted by atomic mass is 10.1. The van der Waals surface area contributed by atoms with Gasteiger partial charge >= 0.3 is 0 Å². The third kappa shape index (κ3) is 4.67. The Bertz CT molecular complexity index is 938. The van der Waals surface area contributed by atoms with Crippen LogP contribution in [0.5, 0.6) is 11.8 Å². The fourth-order valence-corrected chi connectivity index (χ4v) is 2.45. The van der Waals surface area contributed by atoms with Crippen LogP contribution in [0.4, 0.5) is 17.3 Å². The van der Waals surface area contributed by atoms with Crippen LogP contribution in [-0.4, -0.2) is 30.1 Å². The zero-order valence-corrected chi connectivity index (χ0v) is 15.6. The number of hydrogen-bond donors (Lipinski definition) is 3. The van der Waals surface area contributed by atoms with Crippen molar-refractivity contribution in [3.63, 3.8) is 0 Å². The molecule has 28 heavy (non-hydrogen) atoms. The highest BCUT2D eigenvalue weighted by Gasteiger charge is 2.09. The Morgan fingerprint density at radius 1 is 1.00 bits per heavy atom. The van der Waals surface area contributed by atoms with Crippen molar-refractivity contribution in [3.05, 3.63) is 65.7 Å². The summed E-state index contributed by atoms with van der Waals surface area (Å²) in [7, 11) is 3.05. The third-order valence-electron chi connectivity index (χ3n) is 3.97. The Balaban J connectivity index is 1.63. The second-order valence-corrected chi connectivity index (χ2v) is 5.87. The van der Waals surface area contributed by atoms with E-state index >= 15 is 0 Å². The maximum atomic E-state index is 12.4. The summed E-state index contributed by atoms with van der Waals surface area (Å²) in [5.41, 5.74) is 8.45.